The molecule has 4 heterocycles. The highest BCUT2D eigenvalue weighted by Crippen LogP contribution is 2.43. The van der Waals surface area contributed by atoms with Gasteiger partial charge in [0.2, 0.25) is 0 Å². The van der Waals surface area contributed by atoms with Crippen molar-refractivity contribution in [2.75, 3.05) is 20.2 Å². The van der Waals surface area contributed by atoms with Crippen LogP contribution in [0.2, 0.25) is 0 Å². The molecule has 3 aliphatic rings. The Kier molecular flexibility index (Phi) is 4.64. The minimum absolute atomic E-state index is 0.187. The van der Waals surface area contributed by atoms with Crippen LogP contribution >= 0.6 is 0 Å². The van der Waals surface area contributed by atoms with Crippen LogP contribution in [-0.2, 0) is 9.53 Å². The summed E-state index contributed by atoms with van der Waals surface area (Å²) in [5.74, 6) is 1.92. The maximum atomic E-state index is 11.3. The zero-order chi connectivity index (χ0) is 18.1. The van der Waals surface area contributed by atoms with E-state index in [4.69, 9.17) is 9.47 Å². The van der Waals surface area contributed by atoms with Crippen molar-refractivity contribution in [3.63, 3.8) is 0 Å². The third-order valence-electron chi connectivity index (χ3n) is 5.99. The van der Waals surface area contributed by atoms with Gasteiger partial charge in [0.05, 0.1) is 18.7 Å². The summed E-state index contributed by atoms with van der Waals surface area (Å²) in [6.07, 6.45) is 5.76. The van der Waals surface area contributed by atoms with Crippen molar-refractivity contribution in [3.8, 4) is 5.75 Å². The van der Waals surface area contributed by atoms with Gasteiger partial charge in [-0.25, -0.2) is 0 Å². The van der Waals surface area contributed by atoms with Gasteiger partial charge < -0.3 is 9.47 Å². The monoisotopic (exact) mass is 352 g/mol. The van der Waals surface area contributed by atoms with Gasteiger partial charge in [0.15, 0.2) is 0 Å². The highest BCUT2D eigenvalue weighted by molar-refractivity contribution is 5.84. The summed E-state index contributed by atoms with van der Waals surface area (Å²) in [6, 6.07) is 7.96. The van der Waals surface area contributed by atoms with E-state index in [1.165, 1.54) is 6.42 Å². The van der Waals surface area contributed by atoms with Gasteiger partial charge in [-0.15, -0.1) is 6.58 Å². The Morgan fingerprint density at radius 3 is 2.96 bits per heavy atom. The van der Waals surface area contributed by atoms with Crippen LogP contribution < -0.4 is 4.74 Å². The minimum atomic E-state index is -0.307. The van der Waals surface area contributed by atoms with Crippen LogP contribution in [0, 0.1) is 11.8 Å². The molecular formula is C21H24N2O3. The molecule has 0 aliphatic carbocycles. The number of methoxy groups -OCH3 is 1. The molecule has 0 spiro atoms. The van der Waals surface area contributed by atoms with E-state index in [9.17, 15) is 4.79 Å². The summed E-state index contributed by atoms with van der Waals surface area (Å²) >= 11 is 0. The number of carbonyl (C=O) groups excluding carboxylic acids is 1. The molecule has 0 amide bonds. The molecule has 3 saturated heterocycles. The Balaban J connectivity index is 1.75. The molecule has 0 radical (unpaired) electrons. The number of benzene rings is 1. The summed E-state index contributed by atoms with van der Waals surface area (Å²) in [7, 11) is 1.65. The van der Waals surface area contributed by atoms with Gasteiger partial charge in [0.25, 0.3) is 6.47 Å². The highest BCUT2D eigenvalue weighted by Gasteiger charge is 2.43. The second-order valence-electron chi connectivity index (χ2n) is 7.18. The van der Waals surface area contributed by atoms with E-state index in [0.717, 1.165) is 41.7 Å². The van der Waals surface area contributed by atoms with Crippen molar-refractivity contribution in [1.29, 1.82) is 0 Å². The van der Waals surface area contributed by atoms with Crippen molar-refractivity contribution in [2.24, 2.45) is 11.8 Å². The number of piperidine rings is 3. The highest BCUT2D eigenvalue weighted by atomic mass is 16.5. The number of aromatic nitrogens is 1. The Labute approximate surface area is 153 Å². The zero-order valence-corrected chi connectivity index (χ0v) is 15.0. The molecule has 0 N–H and O–H groups in total. The molecule has 3 fully saturated rings. The first-order valence-corrected chi connectivity index (χ1v) is 9.13. The van der Waals surface area contributed by atoms with Crippen LogP contribution in [0.1, 0.15) is 24.5 Å². The number of ether oxygens (including phenoxy) is 2. The van der Waals surface area contributed by atoms with Crippen LogP contribution in [0.25, 0.3) is 10.9 Å². The molecule has 1 unspecified atom stereocenters. The fourth-order valence-corrected chi connectivity index (χ4v) is 4.64. The summed E-state index contributed by atoms with van der Waals surface area (Å²) in [4.78, 5) is 18.2. The number of rotatable bonds is 6. The number of fused-ring (bicyclic) bond motifs is 4. The normalized spacial score (nSPS) is 28.5. The molecule has 5 heteroatoms. The van der Waals surface area contributed by atoms with Gasteiger partial charge >= 0.3 is 0 Å². The first-order chi connectivity index (χ1) is 12.7. The summed E-state index contributed by atoms with van der Waals surface area (Å²) in [5.41, 5.74) is 1.87. The van der Waals surface area contributed by atoms with Crippen molar-refractivity contribution in [1.82, 2.24) is 9.88 Å². The van der Waals surface area contributed by atoms with Gasteiger partial charge in [-0.2, -0.15) is 0 Å². The standard InChI is InChI=1S/C21H24N2O3/c1-3-14-12-23-9-7-15(14)10-20(23)21(26-13-24)17-6-8-22-19-5-4-16(25-2)11-18(17)19/h3-6,8,11,13-15,20-21H,1,7,9-10,12H2,2H3/t14-,15-,20-,21-/m0/s1. The Morgan fingerprint density at radius 1 is 1.38 bits per heavy atom. The summed E-state index contributed by atoms with van der Waals surface area (Å²) in [5, 5.41) is 0.974. The molecule has 136 valence electrons. The number of nitrogens with zero attached hydrogens (tertiary/aromatic N) is 2. The first-order valence-electron chi connectivity index (χ1n) is 9.13. The number of hydrogen-bond acceptors (Lipinski definition) is 5. The van der Waals surface area contributed by atoms with Crippen molar-refractivity contribution >= 4 is 17.4 Å². The van der Waals surface area contributed by atoms with E-state index in [2.05, 4.69) is 22.5 Å². The molecule has 3 aliphatic heterocycles. The fraction of sp³-hybridized carbons (Fsp3) is 0.429. The number of pyridine rings is 1. The maximum absolute atomic E-state index is 11.3. The average Bonchev–Trinajstić information content (AvgIpc) is 2.71. The number of hydrogen-bond donors (Lipinski definition) is 0. The van der Waals surface area contributed by atoms with Gasteiger partial charge in [-0.3, -0.25) is 14.7 Å². The summed E-state index contributed by atoms with van der Waals surface area (Å²) in [6.45, 7) is 6.60. The average molecular weight is 352 g/mol. The van der Waals surface area contributed by atoms with Crippen molar-refractivity contribution in [2.45, 2.75) is 25.0 Å². The number of carbonyl (C=O) groups is 1. The predicted octanol–water partition coefficient (Wildman–Crippen LogP) is 3.35. The van der Waals surface area contributed by atoms with E-state index < -0.39 is 0 Å². The quantitative estimate of drug-likeness (QED) is 0.589. The van der Waals surface area contributed by atoms with Crippen LogP contribution in [0.4, 0.5) is 0 Å². The van der Waals surface area contributed by atoms with Crippen molar-refractivity contribution in [3.05, 3.63) is 48.7 Å². The second-order valence-corrected chi connectivity index (χ2v) is 7.18. The van der Waals surface area contributed by atoms with E-state index in [1.807, 2.05) is 24.3 Å². The van der Waals surface area contributed by atoms with Gasteiger partial charge in [-0.05, 0) is 55.5 Å². The fourth-order valence-electron chi connectivity index (χ4n) is 4.64. The lowest BCUT2D eigenvalue weighted by Gasteiger charge is -2.51. The van der Waals surface area contributed by atoms with Gasteiger partial charge in [0.1, 0.15) is 11.9 Å². The molecule has 26 heavy (non-hydrogen) atoms. The Bertz CT molecular complexity index is 822. The van der Waals surface area contributed by atoms with E-state index in [1.54, 1.807) is 13.3 Å². The zero-order valence-electron chi connectivity index (χ0n) is 15.0. The Hall–Kier alpha value is -2.40. The molecule has 1 aromatic heterocycles. The first kappa shape index (κ1) is 17.0. The molecule has 5 atom stereocenters. The van der Waals surface area contributed by atoms with Crippen molar-refractivity contribution < 1.29 is 14.3 Å². The van der Waals surface area contributed by atoms with Crippen LogP contribution in [-0.4, -0.2) is 42.6 Å². The van der Waals surface area contributed by atoms with E-state index in [-0.39, 0.29) is 12.1 Å². The van der Waals surface area contributed by atoms with Crippen LogP contribution in [0.5, 0.6) is 5.75 Å². The predicted molar refractivity (Wildman–Crippen MR) is 100.0 cm³/mol. The van der Waals surface area contributed by atoms with Crippen LogP contribution in [0.15, 0.2) is 43.1 Å². The smallest absolute Gasteiger partial charge is 0.293 e. The molecule has 5 rings (SSSR count). The molecule has 0 saturated carbocycles. The summed E-state index contributed by atoms with van der Waals surface area (Å²) < 4.78 is 11.0. The largest absolute Gasteiger partial charge is 0.497 e. The van der Waals surface area contributed by atoms with E-state index in [0.29, 0.717) is 18.3 Å². The molecule has 2 bridgehead atoms. The van der Waals surface area contributed by atoms with Gasteiger partial charge in [-0.1, -0.05) is 6.08 Å². The second kappa shape index (κ2) is 7.08. The lowest BCUT2D eigenvalue weighted by atomic mass is 9.73. The maximum Gasteiger partial charge on any atom is 0.293 e. The van der Waals surface area contributed by atoms with E-state index >= 15 is 0 Å². The van der Waals surface area contributed by atoms with Gasteiger partial charge in [0, 0.05) is 23.7 Å². The lowest BCUT2D eigenvalue weighted by molar-refractivity contribution is -0.141. The molecular weight excluding hydrogens is 328 g/mol. The third kappa shape index (κ3) is 2.86. The van der Waals surface area contributed by atoms with Crippen LogP contribution in [0.3, 0.4) is 0 Å². The minimum Gasteiger partial charge on any atom is -0.497 e. The Morgan fingerprint density at radius 2 is 2.27 bits per heavy atom. The molecule has 5 nitrogen and oxygen atoms in total. The SMILES string of the molecule is C=C[C@H]1CN2CC[C@H]1C[C@H]2[C@@H](OC=O)c1ccnc2ccc(OC)cc12. The molecule has 2 aromatic rings. The topological polar surface area (TPSA) is 51.7 Å². The molecule has 1 aromatic carbocycles. The third-order valence-corrected chi connectivity index (χ3v) is 5.99. The lowest BCUT2D eigenvalue weighted by Crippen LogP contribution is -2.55.